The van der Waals surface area contributed by atoms with Gasteiger partial charge in [0.05, 0.1) is 12.7 Å². The second-order valence-electron chi connectivity index (χ2n) is 6.16. The molecule has 2 aromatic carbocycles. The summed E-state index contributed by atoms with van der Waals surface area (Å²) in [5.41, 5.74) is 2.06. The SMILES string of the molecule is CCC(O)NCCCOc1ccccc1C(O)CCc1ccccc1. The highest BCUT2D eigenvalue weighted by Gasteiger charge is 2.13. The lowest BCUT2D eigenvalue weighted by atomic mass is 10.0. The number of hydrogen-bond acceptors (Lipinski definition) is 4. The standard InChI is InChI=1S/C21H29NO3/c1-2-21(24)22-15-8-16-25-20-12-7-6-11-18(20)19(23)14-13-17-9-4-3-5-10-17/h3-7,9-12,19,21-24H,2,8,13-16H2,1H3. The summed E-state index contributed by atoms with van der Waals surface area (Å²) in [6.45, 7) is 3.18. The van der Waals surface area contributed by atoms with Crippen LogP contribution in [-0.2, 0) is 6.42 Å². The zero-order valence-corrected chi connectivity index (χ0v) is 14.9. The summed E-state index contributed by atoms with van der Waals surface area (Å²) in [6.07, 6.45) is 1.98. The molecule has 0 saturated heterocycles. The van der Waals surface area contributed by atoms with Crippen LogP contribution in [0.4, 0.5) is 0 Å². The van der Waals surface area contributed by atoms with Crippen molar-refractivity contribution in [2.45, 2.75) is 44.9 Å². The molecule has 2 rings (SSSR count). The van der Waals surface area contributed by atoms with Gasteiger partial charge >= 0.3 is 0 Å². The molecule has 2 unspecified atom stereocenters. The van der Waals surface area contributed by atoms with E-state index in [2.05, 4.69) is 17.4 Å². The average molecular weight is 343 g/mol. The number of hydrogen-bond donors (Lipinski definition) is 3. The van der Waals surface area contributed by atoms with Gasteiger partial charge in [-0.3, -0.25) is 5.32 Å². The van der Waals surface area contributed by atoms with Crippen molar-refractivity contribution in [3.8, 4) is 5.75 Å². The van der Waals surface area contributed by atoms with E-state index in [4.69, 9.17) is 4.74 Å². The second kappa shape index (κ2) is 10.9. The minimum atomic E-state index is -0.545. The van der Waals surface area contributed by atoms with Crippen LogP contribution < -0.4 is 10.1 Å². The monoisotopic (exact) mass is 343 g/mol. The predicted octanol–water partition coefficient (Wildman–Crippen LogP) is 3.44. The highest BCUT2D eigenvalue weighted by Crippen LogP contribution is 2.28. The number of aryl methyl sites for hydroxylation is 1. The van der Waals surface area contributed by atoms with Crippen molar-refractivity contribution in [3.05, 3.63) is 65.7 Å². The van der Waals surface area contributed by atoms with Gasteiger partial charge in [-0.05, 0) is 37.3 Å². The first kappa shape index (κ1) is 19.4. The van der Waals surface area contributed by atoms with E-state index in [1.54, 1.807) is 0 Å². The van der Waals surface area contributed by atoms with E-state index >= 15 is 0 Å². The summed E-state index contributed by atoms with van der Waals surface area (Å²) >= 11 is 0. The average Bonchev–Trinajstić information content (AvgIpc) is 2.66. The van der Waals surface area contributed by atoms with Gasteiger partial charge in [-0.15, -0.1) is 0 Å². The summed E-state index contributed by atoms with van der Waals surface area (Å²) < 4.78 is 5.84. The third kappa shape index (κ3) is 6.86. The first-order valence-corrected chi connectivity index (χ1v) is 9.06. The molecule has 3 N–H and O–H groups in total. The molecule has 2 atom stereocenters. The van der Waals surface area contributed by atoms with E-state index in [1.807, 2.05) is 49.4 Å². The Hall–Kier alpha value is -1.88. The van der Waals surface area contributed by atoms with Crippen LogP contribution in [-0.4, -0.2) is 29.6 Å². The van der Waals surface area contributed by atoms with Gasteiger partial charge in [-0.1, -0.05) is 55.5 Å². The summed E-state index contributed by atoms with van der Waals surface area (Å²) in [6, 6.07) is 17.8. The molecule has 136 valence electrons. The lowest BCUT2D eigenvalue weighted by Crippen LogP contribution is -2.29. The quantitative estimate of drug-likeness (QED) is 0.432. The van der Waals surface area contributed by atoms with E-state index in [0.29, 0.717) is 26.0 Å². The van der Waals surface area contributed by atoms with E-state index in [9.17, 15) is 10.2 Å². The Morgan fingerprint density at radius 2 is 1.72 bits per heavy atom. The summed E-state index contributed by atoms with van der Waals surface area (Å²) in [7, 11) is 0. The number of ether oxygens (including phenoxy) is 1. The minimum absolute atomic E-state index is 0.452. The van der Waals surface area contributed by atoms with Gasteiger partial charge in [0.15, 0.2) is 0 Å². The molecule has 4 heteroatoms. The Labute approximate surface area is 150 Å². The number of aliphatic hydroxyl groups excluding tert-OH is 2. The Bertz CT molecular complexity index is 603. The predicted molar refractivity (Wildman–Crippen MR) is 101 cm³/mol. The number of rotatable bonds is 11. The van der Waals surface area contributed by atoms with Crippen molar-refractivity contribution in [1.82, 2.24) is 5.32 Å². The molecule has 0 aliphatic heterocycles. The van der Waals surface area contributed by atoms with Gasteiger partial charge < -0.3 is 14.9 Å². The van der Waals surface area contributed by atoms with Crippen LogP contribution in [0.5, 0.6) is 5.75 Å². The van der Waals surface area contributed by atoms with Crippen molar-refractivity contribution >= 4 is 0 Å². The third-order valence-corrected chi connectivity index (χ3v) is 4.17. The van der Waals surface area contributed by atoms with E-state index in [0.717, 1.165) is 24.2 Å². The van der Waals surface area contributed by atoms with Crippen LogP contribution in [0.15, 0.2) is 54.6 Å². The van der Waals surface area contributed by atoms with Crippen molar-refractivity contribution in [2.24, 2.45) is 0 Å². The summed E-state index contributed by atoms with van der Waals surface area (Å²) in [5, 5.41) is 23.0. The summed E-state index contributed by atoms with van der Waals surface area (Å²) in [5.74, 6) is 0.735. The number of para-hydroxylation sites is 1. The number of nitrogens with one attached hydrogen (secondary N) is 1. The van der Waals surface area contributed by atoms with Crippen LogP contribution in [0.3, 0.4) is 0 Å². The third-order valence-electron chi connectivity index (χ3n) is 4.17. The molecule has 0 radical (unpaired) electrons. The van der Waals surface area contributed by atoms with Crippen LogP contribution in [0.25, 0.3) is 0 Å². The highest BCUT2D eigenvalue weighted by atomic mass is 16.5. The maximum absolute atomic E-state index is 10.5. The topological polar surface area (TPSA) is 61.7 Å². The van der Waals surface area contributed by atoms with E-state index < -0.39 is 12.3 Å². The lowest BCUT2D eigenvalue weighted by Gasteiger charge is -2.17. The molecule has 2 aromatic rings. The van der Waals surface area contributed by atoms with Crippen LogP contribution >= 0.6 is 0 Å². The first-order valence-electron chi connectivity index (χ1n) is 9.06. The van der Waals surface area contributed by atoms with Crippen LogP contribution in [0.1, 0.15) is 43.4 Å². The Kier molecular flexibility index (Phi) is 8.46. The maximum Gasteiger partial charge on any atom is 0.125 e. The number of benzene rings is 2. The molecular formula is C21H29NO3. The molecule has 0 aliphatic carbocycles. The van der Waals surface area contributed by atoms with E-state index in [-0.39, 0.29) is 0 Å². The van der Waals surface area contributed by atoms with Gasteiger partial charge in [0.25, 0.3) is 0 Å². The van der Waals surface area contributed by atoms with Gasteiger partial charge in [-0.2, -0.15) is 0 Å². The fourth-order valence-electron chi connectivity index (χ4n) is 2.66. The molecule has 0 aromatic heterocycles. The first-order chi connectivity index (χ1) is 12.2. The molecule has 4 nitrogen and oxygen atoms in total. The fraction of sp³-hybridized carbons (Fsp3) is 0.429. The van der Waals surface area contributed by atoms with Crippen LogP contribution in [0, 0.1) is 0 Å². The maximum atomic E-state index is 10.5. The second-order valence-corrected chi connectivity index (χ2v) is 6.16. The zero-order chi connectivity index (χ0) is 17.9. The Balaban J connectivity index is 1.82. The molecule has 25 heavy (non-hydrogen) atoms. The lowest BCUT2D eigenvalue weighted by molar-refractivity contribution is 0.130. The van der Waals surface area contributed by atoms with Crippen molar-refractivity contribution in [1.29, 1.82) is 0 Å². The molecular weight excluding hydrogens is 314 g/mol. The molecule has 0 amide bonds. The van der Waals surface area contributed by atoms with E-state index in [1.165, 1.54) is 5.56 Å². The van der Waals surface area contributed by atoms with Gasteiger partial charge in [0, 0.05) is 12.1 Å². The molecule has 0 heterocycles. The van der Waals surface area contributed by atoms with Gasteiger partial charge in [0.1, 0.15) is 12.0 Å². The highest BCUT2D eigenvalue weighted by molar-refractivity contribution is 5.35. The molecule has 0 aliphatic rings. The minimum Gasteiger partial charge on any atom is -0.493 e. The molecule has 0 saturated carbocycles. The molecule has 0 fully saturated rings. The fourth-order valence-corrected chi connectivity index (χ4v) is 2.66. The largest absolute Gasteiger partial charge is 0.493 e. The Morgan fingerprint density at radius 1 is 1.00 bits per heavy atom. The summed E-state index contributed by atoms with van der Waals surface area (Å²) in [4.78, 5) is 0. The smallest absolute Gasteiger partial charge is 0.125 e. The zero-order valence-electron chi connectivity index (χ0n) is 14.9. The molecule has 0 spiro atoms. The van der Waals surface area contributed by atoms with Crippen molar-refractivity contribution in [3.63, 3.8) is 0 Å². The normalized spacial score (nSPS) is 13.4. The van der Waals surface area contributed by atoms with Crippen molar-refractivity contribution in [2.75, 3.05) is 13.2 Å². The van der Waals surface area contributed by atoms with Gasteiger partial charge in [0.2, 0.25) is 0 Å². The number of aliphatic hydroxyl groups is 2. The van der Waals surface area contributed by atoms with Crippen molar-refractivity contribution < 1.29 is 14.9 Å². The Morgan fingerprint density at radius 3 is 2.48 bits per heavy atom. The molecule has 0 bridgehead atoms. The van der Waals surface area contributed by atoms with Crippen LogP contribution in [0.2, 0.25) is 0 Å². The van der Waals surface area contributed by atoms with Gasteiger partial charge in [-0.25, -0.2) is 0 Å².